The lowest BCUT2D eigenvalue weighted by atomic mass is 10.1. The van der Waals surface area contributed by atoms with Gasteiger partial charge >= 0.3 is 0 Å². The van der Waals surface area contributed by atoms with Crippen molar-refractivity contribution in [1.82, 2.24) is 9.97 Å². The first-order valence-corrected chi connectivity index (χ1v) is 8.82. The van der Waals surface area contributed by atoms with Gasteiger partial charge in [-0.2, -0.15) is 5.26 Å². The molecule has 0 saturated heterocycles. The lowest BCUT2D eigenvalue weighted by Crippen LogP contribution is -1.80. The van der Waals surface area contributed by atoms with Crippen molar-refractivity contribution in [3.63, 3.8) is 0 Å². The van der Waals surface area contributed by atoms with E-state index in [0.29, 0.717) is 27.5 Å². The fourth-order valence-corrected chi connectivity index (χ4v) is 3.27. The molecule has 8 heteroatoms. The molecule has 2 N–H and O–H groups in total. The Morgan fingerprint density at radius 3 is 2.74 bits per heavy atom. The van der Waals surface area contributed by atoms with Crippen LogP contribution in [0.2, 0.25) is 0 Å². The number of ether oxygens (including phenoxy) is 1. The van der Waals surface area contributed by atoms with Crippen molar-refractivity contribution < 1.29 is 9.84 Å². The number of nitrogens with one attached hydrogen (secondary N) is 1. The van der Waals surface area contributed by atoms with Crippen LogP contribution in [-0.2, 0) is 0 Å². The molecule has 0 aliphatic heterocycles. The van der Waals surface area contributed by atoms with Gasteiger partial charge in [0.15, 0.2) is 5.69 Å². The lowest BCUT2D eigenvalue weighted by molar-refractivity contribution is 0.415. The minimum Gasteiger partial charge on any atom is -0.497 e. The lowest BCUT2D eigenvalue weighted by Gasteiger charge is -1.98. The Labute approximate surface area is 158 Å². The minimum atomic E-state index is -0.0640. The third-order valence-corrected chi connectivity index (χ3v) is 4.72. The maximum absolute atomic E-state index is 10.1. The van der Waals surface area contributed by atoms with Crippen molar-refractivity contribution in [3.05, 3.63) is 53.4 Å². The molecule has 0 aliphatic rings. The first kappa shape index (κ1) is 16.8. The number of H-pyrrole nitrogens is 1. The molecule has 0 aliphatic carbocycles. The van der Waals surface area contributed by atoms with E-state index in [0.717, 1.165) is 16.8 Å². The number of benzene rings is 2. The van der Waals surface area contributed by atoms with Crippen LogP contribution in [0.25, 0.3) is 22.2 Å². The minimum absolute atomic E-state index is 0.0640. The Morgan fingerprint density at radius 1 is 1.19 bits per heavy atom. The molecule has 2 aromatic carbocycles. The summed E-state index contributed by atoms with van der Waals surface area (Å²) in [5.74, 6) is 0.598. The summed E-state index contributed by atoms with van der Waals surface area (Å²) < 4.78 is 5.22. The van der Waals surface area contributed by atoms with Gasteiger partial charge in [-0.05, 0) is 30.3 Å². The van der Waals surface area contributed by atoms with E-state index in [2.05, 4.69) is 26.3 Å². The van der Waals surface area contributed by atoms with E-state index >= 15 is 0 Å². The molecule has 0 amide bonds. The van der Waals surface area contributed by atoms with Crippen molar-refractivity contribution in [3.8, 4) is 29.0 Å². The molecule has 0 bridgehead atoms. The first-order chi connectivity index (χ1) is 13.2. The van der Waals surface area contributed by atoms with E-state index in [1.54, 1.807) is 37.4 Å². The Morgan fingerprint density at radius 2 is 2.00 bits per heavy atom. The number of thiazole rings is 1. The van der Waals surface area contributed by atoms with Gasteiger partial charge in [0.25, 0.3) is 0 Å². The molecule has 2 heterocycles. The van der Waals surface area contributed by atoms with Crippen LogP contribution in [0.5, 0.6) is 11.6 Å². The van der Waals surface area contributed by atoms with Crippen LogP contribution in [0.3, 0.4) is 0 Å². The van der Waals surface area contributed by atoms with Crippen molar-refractivity contribution >= 4 is 33.1 Å². The van der Waals surface area contributed by atoms with Crippen molar-refractivity contribution in [2.45, 2.75) is 0 Å². The Kier molecular flexibility index (Phi) is 4.28. The topological polar surface area (TPSA) is 107 Å². The number of fused-ring (bicyclic) bond motifs is 1. The highest BCUT2D eigenvalue weighted by molar-refractivity contribution is 7.13. The molecule has 4 rings (SSSR count). The summed E-state index contributed by atoms with van der Waals surface area (Å²) in [6.45, 7) is 0. The Balaban J connectivity index is 1.64. The van der Waals surface area contributed by atoms with Gasteiger partial charge in [-0.1, -0.05) is 12.1 Å². The van der Waals surface area contributed by atoms with Crippen LogP contribution in [0.4, 0.5) is 10.8 Å². The SMILES string of the molecule is COc1ccc2[nH]c(O)c(N=Nc3nc(-c4ccc(C#N)cc4)cs3)c2c1. The number of hydrogen-bond donors (Lipinski definition) is 2. The average molecular weight is 375 g/mol. The van der Waals surface area contributed by atoms with Gasteiger partial charge in [-0.25, -0.2) is 4.98 Å². The van der Waals surface area contributed by atoms with E-state index in [9.17, 15) is 5.11 Å². The molecule has 2 aromatic heterocycles. The van der Waals surface area contributed by atoms with Crippen molar-refractivity contribution in [2.75, 3.05) is 7.11 Å². The van der Waals surface area contributed by atoms with Crippen molar-refractivity contribution in [2.24, 2.45) is 10.2 Å². The second-order valence-electron chi connectivity index (χ2n) is 5.64. The summed E-state index contributed by atoms with van der Waals surface area (Å²) in [6.07, 6.45) is 0. The van der Waals surface area contributed by atoms with E-state index in [4.69, 9.17) is 10.00 Å². The fourth-order valence-electron chi connectivity index (χ4n) is 2.62. The van der Waals surface area contributed by atoms with Gasteiger partial charge in [-0.3, -0.25) is 0 Å². The number of methoxy groups -OCH3 is 1. The Bertz CT molecular complexity index is 1190. The maximum atomic E-state index is 10.1. The molecule has 0 fully saturated rings. The molecule has 0 saturated carbocycles. The summed E-state index contributed by atoms with van der Waals surface area (Å²) in [6, 6.07) is 14.6. The number of aromatic amines is 1. The number of nitriles is 1. The zero-order valence-electron chi connectivity index (χ0n) is 14.2. The number of azo groups is 1. The summed E-state index contributed by atoms with van der Waals surface area (Å²) in [5, 5.41) is 30.3. The number of aromatic nitrogens is 2. The summed E-state index contributed by atoms with van der Waals surface area (Å²) in [4.78, 5) is 7.30. The third kappa shape index (κ3) is 3.23. The summed E-state index contributed by atoms with van der Waals surface area (Å²) >= 11 is 1.34. The normalized spacial score (nSPS) is 11.1. The summed E-state index contributed by atoms with van der Waals surface area (Å²) in [7, 11) is 1.58. The van der Waals surface area contributed by atoms with E-state index in [1.807, 2.05) is 17.5 Å². The van der Waals surface area contributed by atoms with Crippen LogP contribution in [-0.4, -0.2) is 22.2 Å². The zero-order valence-corrected chi connectivity index (χ0v) is 15.0. The third-order valence-electron chi connectivity index (χ3n) is 4.00. The number of hydrogen-bond acceptors (Lipinski definition) is 7. The molecule has 0 atom stereocenters. The highest BCUT2D eigenvalue weighted by Crippen LogP contribution is 2.38. The molecular weight excluding hydrogens is 362 g/mol. The standard InChI is InChI=1S/C19H13N5O2S/c1-26-13-6-7-15-14(8-13)17(18(25)21-15)23-24-19-22-16(10-27-19)12-4-2-11(9-20)3-5-12/h2-8,10,21,25H,1H3. The predicted octanol–water partition coefficient (Wildman–Crippen LogP) is 5.29. The van der Waals surface area contributed by atoms with Gasteiger partial charge in [0, 0.05) is 16.3 Å². The second kappa shape index (κ2) is 6.90. The van der Waals surface area contributed by atoms with E-state index in [-0.39, 0.29) is 5.88 Å². The molecule has 0 spiro atoms. The molecule has 27 heavy (non-hydrogen) atoms. The van der Waals surface area contributed by atoms with Crippen LogP contribution in [0, 0.1) is 11.3 Å². The smallest absolute Gasteiger partial charge is 0.230 e. The number of aromatic hydroxyl groups is 1. The van der Waals surface area contributed by atoms with Gasteiger partial charge in [0.05, 0.1) is 30.0 Å². The molecular formula is C19H13N5O2S. The molecule has 7 nitrogen and oxygen atoms in total. The van der Waals surface area contributed by atoms with E-state index in [1.165, 1.54) is 11.3 Å². The van der Waals surface area contributed by atoms with Crippen LogP contribution < -0.4 is 4.74 Å². The predicted molar refractivity (Wildman–Crippen MR) is 103 cm³/mol. The largest absolute Gasteiger partial charge is 0.497 e. The quantitative estimate of drug-likeness (QED) is 0.472. The first-order valence-electron chi connectivity index (χ1n) is 7.94. The van der Waals surface area contributed by atoms with Crippen molar-refractivity contribution in [1.29, 1.82) is 5.26 Å². The average Bonchev–Trinajstić information content (AvgIpc) is 3.29. The van der Waals surface area contributed by atoms with Gasteiger partial charge in [-0.15, -0.1) is 21.6 Å². The summed E-state index contributed by atoms with van der Waals surface area (Å²) in [5.41, 5.74) is 3.31. The maximum Gasteiger partial charge on any atom is 0.230 e. The molecule has 0 radical (unpaired) electrons. The highest BCUT2D eigenvalue weighted by atomic mass is 32.1. The fraction of sp³-hybridized carbons (Fsp3) is 0.0526. The monoisotopic (exact) mass is 375 g/mol. The van der Waals surface area contributed by atoms with Crippen LogP contribution in [0.15, 0.2) is 58.1 Å². The molecule has 4 aromatic rings. The van der Waals surface area contributed by atoms with Gasteiger partial charge < -0.3 is 14.8 Å². The van der Waals surface area contributed by atoms with Crippen LogP contribution in [0.1, 0.15) is 5.56 Å². The Hall–Kier alpha value is -3.70. The second-order valence-corrected chi connectivity index (χ2v) is 6.47. The van der Waals surface area contributed by atoms with Gasteiger partial charge in [0.2, 0.25) is 11.0 Å². The van der Waals surface area contributed by atoms with E-state index < -0.39 is 0 Å². The number of nitrogens with zero attached hydrogens (tertiary/aromatic N) is 4. The molecule has 132 valence electrons. The number of rotatable bonds is 4. The van der Waals surface area contributed by atoms with Crippen LogP contribution >= 0.6 is 11.3 Å². The highest BCUT2D eigenvalue weighted by Gasteiger charge is 2.12. The molecule has 0 unspecified atom stereocenters. The van der Waals surface area contributed by atoms with Gasteiger partial charge in [0.1, 0.15) is 5.75 Å². The zero-order chi connectivity index (χ0) is 18.8.